The van der Waals surface area contributed by atoms with E-state index in [2.05, 4.69) is 50.2 Å². The molecule has 2 aromatic carbocycles. The Morgan fingerprint density at radius 3 is 2.26 bits per heavy atom. The molecule has 0 unspecified atom stereocenters. The molecule has 3 rings (SSSR count). The summed E-state index contributed by atoms with van der Waals surface area (Å²) in [5.74, 6) is 0.929. The van der Waals surface area contributed by atoms with Gasteiger partial charge in [0.05, 0.1) is 6.26 Å². The molecule has 1 heteroatoms. The van der Waals surface area contributed by atoms with Crippen molar-refractivity contribution in [2.45, 2.75) is 13.8 Å². The SMILES string of the molecule is CC(C)=C1C(c2ccccc2)=COc2ccccc21. The number of fused-ring (bicyclic) bond motifs is 1. The summed E-state index contributed by atoms with van der Waals surface area (Å²) in [6.07, 6.45) is 1.86. The minimum Gasteiger partial charge on any atom is -0.464 e. The highest BCUT2D eigenvalue weighted by Crippen LogP contribution is 2.41. The summed E-state index contributed by atoms with van der Waals surface area (Å²) in [6, 6.07) is 18.6. The normalized spacial score (nSPS) is 13.4. The average molecular weight is 248 g/mol. The van der Waals surface area contributed by atoms with E-state index >= 15 is 0 Å². The van der Waals surface area contributed by atoms with E-state index in [9.17, 15) is 0 Å². The Labute approximate surface area is 113 Å². The lowest BCUT2D eigenvalue weighted by molar-refractivity contribution is 0.478. The fourth-order valence-corrected chi connectivity index (χ4v) is 2.47. The highest BCUT2D eigenvalue weighted by atomic mass is 16.5. The fourth-order valence-electron chi connectivity index (χ4n) is 2.47. The number of benzene rings is 2. The zero-order chi connectivity index (χ0) is 13.2. The summed E-state index contributed by atoms with van der Waals surface area (Å²) >= 11 is 0. The lowest BCUT2D eigenvalue weighted by atomic mass is 9.88. The molecule has 1 nitrogen and oxygen atoms in total. The zero-order valence-electron chi connectivity index (χ0n) is 11.2. The van der Waals surface area contributed by atoms with Crippen LogP contribution in [0.3, 0.4) is 0 Å². The second kappa shape index (κ2) is 4.77. The predicted molar refractivity (Wildman–Crippen MR) is 79.8 cm³/mol. The molecule has 94 valence electrons. The van der Waals surface area contributed by atoms with Gasteiger partial charge in [0.15, 0.2) is 0 Å². The third kappa shape index (κ3) is 2.08. The molecule has 0 N–H and O–H groups in total. The molecule has 0 aliphatic carbocycles. The van der Waals surface area contributed by atoms with Crippen LogP contribution in [-0.2, 0) is 0 Å². The van der Waals surface area contributed by atoms with Crippen LogP contribution in [-0.4, -0.2) is 0 Å². The summed E-state index contributed by atoms with van der Waals surface area (Å²) in [6.45, 7) is 4.29. The van der Waals surface area contributed by atoms with Crippen molar-refractivity contribution < 1.29 is 4.74 Å². The number of hydrogen-bond acceptors (Lipinski definition) is 1. The summed E-state index contributed by atoms with van der Waals surface area (Å²) in [5.41, 5.74) is 6.08. The van der Waals surface area contributed by atoms with E-state index in [0.717, 1.165) is 11.3 Å². The molecule has 0 fully saturated rings. The maximum absolute atomic E-state index is 5.77. The third-order valence-corrected chi connectivity index (χ3v) is 3.31. The first-order valence-corrected chi connectivity index (χ1v) is 6.47. The van der Waals surface area contributed by atoms with Gasteiger partial charge in [-0.2, -0.15) is 0 Å². The van der Waals surface area contributed by atoms with E-state index in [1.165, 1.54) is 22.3 Å². The summed E-state index contributed by atoms with van der Waals surface area (Å²) < 4.78 is 5.77. The Morgan fingerprint density at radius 2 is 1.53 bits per heavy atom. The van der Waals surface area contributed by atoms with Crippen LogP contribution in [0.1, 0.15) is 25.0 Å². The predicted octanol–water partition coefficient (Wildman–Crippen LogP) is 4.91. The van der Waals surface area contributed by atoms with Crippen LogP contribution in [0.5, 0.6) is 5.75 Å². The smallest absolute Gasteiger partial charge is 0.134 e. The molecule has 0 saturated heterocycles. The van der Waals surface area contributed by atoms with Crippen LogP contribution < -0.4 is 4.74 Å². The van der Waals surface area contributed by atoms with Crippen molar-refractivity contribution >= 4 is 11.1 Å². The Morgan fingerprint density at radius 1 is 0.842 bits per heavy atom. The largest absolute Gasteiger partial charge is 0.464 e. The molecule has 1 heterocycles. The minimum absolute atomic E-state index is 0.929. The molecule has 0 radical (unpaired) electrons. The number of allylic oxidation sites excluding steroid dienone is 3. The van der Waals surface area contributed by atoms with Gasteiger partial charge >= 0.3 is 0 Å². The molecule has 2 aromatic rings. The summed E-state index contributed by atoms with van der Waals surface area (Å²) in [5, 5.41) is 0. The van der Waals surface area contributed by atoms with Gasteiger partial charge in [-0.05, 0) is 31.1 Å². The number of hydrogen-bond donors (Lipinski definition) is 0. The van der Waals surface area contributed by atoms with Crippen molar-refractivity contribution in [3.8, 4) is 5.75 Å². The Kier molecular flexibility index (Phi) is 2.96. The molecule has 1 aliphatic heterocycles. The monoisotopic (exact) mass is 248 g/mol. The second-order valence-electron chi connectivity index (χ2n) is 4.89. The summed E-state index contributed by atoms with van der Waals surface area (Å²) in [4.78, 5) is 0. The van der Waals surface area contributed by atoms with Crippen molar-refractivity contribution in [3.05, 3.63) is 77.6 Å². The van der Waals surface area contributed by atoms with Gasteiger partial charge in [0, 0.05) is 11.1 Å². The maximum Gasteiger partial charge on any atom is 0.134 e. The van der Waals surface area contributed by atoms with Crippen molar-refractivity contribution in [3.63, 3.8) is 0 Å². The molecule has 0 saturated carbocycles. The van der Waals surface area contributed by atoms with Gasteiger partial charge in [0.1, 0.15) is 5.75 Å². The fraction of sp³-hybridized carbons (Fsp3) is 0.111. The first-order chi connectivity index (χ1) is 9.27. The van der Waals surface area contributed by atoms with Crippen molar-refractivity contribution in [1.29, 1.82) is 0 Å². The number of ether oxygens (including phenoxy) is 1. The minimum atomic E-state index is 0.929. The highest BCUT2D eigenvalue weighted by Gasteiger charge is 2.20. The molecule has 0 atom stereocenters. The van der Waals surface area contributed by atoms with E-state index in [1.54, 1.807) is 0 Å². The first-order valence-electron chi connectivity index (χ1n) is 6.47. The van der Waals surface area contributed by atoms with E-state index in [4.69, 9.17) is 4.74 Å². The van der Waals surface area contributed by atoms with Gasteiger partial charge in [-0.25, -0.2) is 0 Å². The van der Waals surface area contributed by atoms with E-state index in [1.807, 2.05) is 24.5 Å². The van der Waals surface area contributed by atoms with Crippen LogP contribution >= 0.6 is 0 Å². The van der Waals surface area contributed by atoms with Crippen LogP contribution in [0.15, 0.2) is 66.4 Å². The van der Waals surface area contributed by atoms with Gasteiger partial charge in [-0.3, -0.25) is 0 Å². The van der Waals surface area contributed by atoms with Gasteiger partial charge in [0.2, 0.25) is 0 Å². The van der Waals surface area contributed by atoms with Crippen LogP contribution in [0.4, 0.5) is 0 Å². The van der Waals surface area contributed by atoms with Crippen molar-refractivity contribution in [1.82, 2.24) is 0 Å². The van der Waals surface area contributed by atoms with Crippen LogP contribution in [0.2, 0.25) is 0 Å². The molecule has 1 aliphatic rings. The Bertz CT molecular complexity index is 659. The molecule has 0 bridgehead atoms. The average Bonchev–Trinajstić information content (AvgIpc) is 2.46. The maximum atomic E-state index is 5.77. The second-order valence-corrected chi connectivity index (χ2v) is 4.89. The molecule has 0 amide bonds. The van der Waals surface area contributed by atoms with E-state index in [-0.39, 0.29) is 0 Å². The van der Waals surface area contributed by atoms with E-state index < -0.39 is 0 Å². The highest BCUT2D eigenvalue weighted by molar-refractivity contribution is 6.07. The number of rotatable bonds is 1. The van der Waals surface area contributed by atoms with Crippen molar-refractivity contribution in [2.24, 2.45) is 0 Å². The van der Waals surface area contributed by atoms with Crippen LogP contribution in [0.25, 0.3) is 11.1 Å². The molecular formula is C18H16O. The molecule has 19 heavy (non-hydrogen) atoms. The van der Waals surface area contributed by atoms with Gasteiger partial charge in [-0.15, -0.1) is 0 Å². The molecule has 0 aromatic heterocycles. The Hall–Kier alpha value is -2.28. The quantitative estimate of drug-likeness (QED) is 0.696. The molecule has 0 spiro atoms. The lowest BCUT2D eigenvalue weighted by Gasteiger charge is -2.22. The Balaban J connectivity index is 2.19. The topological polar surface area (TPSA) is 9.23 Å². The number of para-hydroxylation sites is 1. The zero-order valence-corrected chi connectivity index (χ0v) is 11.2. The van der Waals surface area contributed by atoms with Gasteiger partial charge in [0.25, 0.3) is 0 Å². The lowest BCUT2D eigenvalue weighted by Crippen LogP contribution is -2.03. The van der Waals surface area contributed by atoms with E-state index in [0.29, 0.717) is 0 Å². The third-order valence-electron chi connectivity index (χ3n) is 3.31. The molecular weight excluding hydrogens is 232 g/mol. The first kappa shape index (κ1) is 11.8. The van der Waals surface area contributed by atoms with Crippen molar-refractivity contribution in [2.75, 3.05) is 0 Å². The van der Waals surface area contributed by atoms with Gasteiger partial charge in [-0.1, -0.05) is 54.1 Å². The standard InChI is InChI=1S/C18H16O/c1-13(2)18-15-10-6-7-11-17(15)19-12-16(18)14-8-4-3-5-9-14/h3-12H,1-2H3. The summed E-state index contributed by atoms with van der Waals surface area (Å²) in [7, 11) is 0. The van der Waals surface area contributed by atoms with Gasteiger partial charge < -0.3 is 4.74 Å². The van der Waals surface area contributed by atoms with Crippen LogP contribution in [0, 0.1) is 0 Å².